The first-order valence-corrected chi connectivity index (χ1v) is 6.27. The van der Waals surface area contributed by atoms with Crippen molar-refractivity contribution < 1.29 is 4.79 Å². The first-order valence-electron chi connectivity index (χ1n) is 6.27. The second kappa shape index (κ2) is 4.48. The lowest BCUT2D eigenvalue weighted by molar-refractivity contribution is 0.100. The van der Waals surface area contributed by atoms with Crippen LogP contribution < -0.4 is 11.5 Å². The van der Waals surface area contributed by atoms with Crippen molar-refractivity contribution in [2.24, 2.45) is 11.5 Å². The molecule has 0 radical (unpaired) electrons. The summed E-state index contributed by atoms with van der Waals surface area (Å²) >= 11 is 0. The Morgan fingerprint density at radius 1 is 1.26 bits per heavy atom. The lowest BCUT2D eigenvalue weighted by Crippen LogP contribution is -2.10. The van der Waals surface area contributed by atoms with Gasteiger partial charge in [0, 0.05) is 29.3 Å². The van der Waals surface area contributed by atoms with Gasteiger partial charge in [0.25, 0.3) is 0 Å². The van der Waals surface area contributed by atoms with Gasteiger partial charge in [-0.15, -0.1) is 0 Å². The van der Waals surface area contributed by atoms with Crippen molar-refractivity contribution in [3.05, 3.63) is 53.7 Å². The maximum absolute atomic E-state index is 11.2. The summed E-state index contributed by atoms with van der Waals surface area (Å²) in [6.07, 6.45) is 2.90. The van der Waals surface area contributed by atoms with Gasteiger partial charge in [0.2, 0.25) is 5.91 Å². The summed E-state index contributed by atoms with van der Waals surface area (Å²) in [6.45, 7) is 0. The summed E-state index contributed by atoms with van der Waals surface area (Å²) in [7, 11) is 0. The Morgan fingerprint density at radius 3 is 2.63 bits per heavy atom. The number of benzene rings is 1. The van der Waals surface area contributed by atoms with E-state index in [1.54, 1.807) is 12.1 Å². The van der Waals surface area contributed by atoms with Crippen LogP contribution >= 0.6 is 0 Å². The first kappa shape index (κ1) is 11.9. The van der Waals surface area contributed by atoms with Crippen molar-refractivity contribution in [2.75, 3.05) is 0 Å². The molecule has 0 aliphatic heterocycles. The van der Waals surface area contributed by atoms with E-state index >= 15 is 0 Å². The van der Waals surface area contributed by atoms with Gasteiger partial charge in [-0.25, -0.2) is 0 Å². The smallest absolute Gasteiger partial charge is 0.248 e. The largest absolute Gasteiger partial charge is 0.366 e. The first-order chi connectivity index (χ1) is 9.15. The molecule has 4 nitrogen and oxygen atoms in total. The maximum atomic E-state index is 11.2. The summed E-state index contributed by atoms with van der Waals surface area (Å²) in [6, 6.07) is 11.5. The fraction of sp³-hybridized carbons (Fsp3) is 0.200. The highest BCUT2D eigenvalue weighted by atomic mass is 16.1. The number of primary amides is 1. The molecule has 2 atom stereocenters. The molecule has 1 aliphatic rings. The van der Waals surface area contributed by atoms with Gasteiger partial charge in [-0.1, -0.05) is 18.2 Å². The minimum Gasteiger partial charge on any atom is -0.366 e. The summed E-state index contributed by atoms with van der Waals surface area (Å²) in [4.78, 5) is 15.6. The van der Waals surface area contributed by atoms with Crippen LogP contribution in [0.3, 0.4) is 0 Å². The average Bonchev–Trinajstić information content (AvgIpc) is 3.16. The van der Waals surface area contributed by atoms with Crippen molar-refractivity contribution in [1.82, 2.24) is 4.98 Å². The van der Waals surface area contributed by atoms with Crippen LogP contribution in [0.5, 0.6) is 0 Å². The van der Waals surface area contributed by atoms with Gasteiger partial charge in [-0.3, -0.25) is 9.78 Å². The van der Waals surface area contributed by atoms with Crippen LogP contribution in [-0.4, -0.2) is 16.9 Å². The zero-order valence-corrected chi connectivity index (χ0v) is 10.4. The number of carbonyl (C=O) groups excluding carboxylic acids is 1. The summed E-state index contributed by atoms with van der Waals surface area (Å²) in [5, 5.41) is 0. The van der Waals surface area contributed by atoms with Gasteiger partial charge in [0.05, 0.1) is 5.69 Å². The molecular formula is C15H15N3O. The third-order valence-electron chi connectivity index (χ3n) is 3.50. The Hall–Kier alpha value is -2.20. The molecule has 19 heavy (non-hydrogen) atoms. The van der Waals surface area contributed by atoms with Crippen LogP contribution in [0.4, 0.5) is 0 Å². The summed E-state index contributed by atoms with van der Waals surface area (Å²) in [5.41, 5.74) is 14.5. The van der Waals surface area contributed by atoms with Crippen LogP contribution in [0.25, 0.3) is 11.3 Å². The zero-order chi connectivity index (χ0) is 13.4. The SMILES string of the molecule is NC(=O)c1cccc(-c2ccc([C@@H]3C[C@H]3N)cn2)c1. The molecule has 0 spiro atoms. The number of pyridine rings is 1. The predicted molar refractivity (Wildman–Crippen MR) is 73.5 cm³/mol. The monoisotopic (exact) mass is 253 g/mol. The quantitative estimate of drug-likeness (QED) is 0.872. The molecule has 1 aromatic heterocycles. The van der Waals surface area contributed by atoms with Gasteiger partial charge in [-0.2, -0.15) is 0 Å². The molecule has 1 heterocycles. The Kier molecular flexibility index (Phi) is 2.80. The standard InChI is InChI=1S/C15H15N3O/c16-13-7-12(13)11-4-5-14(18-8-11)9-2-1-3-10(6-9)15(17)19/h1-6,8,12-13H,7,16H2,(H2,17,19)/t12-,13+/m0/s1. The van der Waals surface area contributed by atoms with Gasteiger partial charge >= 0.3 is 0 Å². The van der Waals surface area contributed by atoms with Crippen LogP contribution in [0.1, 0.15) is 28.3 Å². The van der Waals surface area contributed by atoms with Crippen LogP contribution in [0.15, 0.2) is 42.6 Å². The molecule has 0 unspecified atom stereocenters. The topological polar surface area (TPSA) is 82.0 Å². The Bertz CT molecular complexity index is 622. The Labute approximate surface area is 111 Å². The van der Waals surface area contributed by atoms with Crippen molar-refractivity contribution >= 4 is 5.91 Å². The summed E-state index contributed by atoms with van der Waals surface area (Å²) < 4.78 is 0. The van der Waals surface area contributed by atoms with Crippen LogP contribution in [0, 0.1) is 0 Å². The van der Waals surface area contributed by atoms with Gasteiger partial charge in [-0.05, 0) is 30.2 Å². The molecule has 1 amide bonds. The molecule has 1 fully saturated rings. The highest BCUT2D eigenvalue weighted by Crippen LogP contribution is 2.38. The third-order valence-corrected chi connectivity index (χ3v) is 3.50. The van der Waals surface area contributed by atoms with E-state index in [4.69, 9.17) is 11.5 Å². The zero-order valence-electron chi connectivity index (χ0n) is 10.4. The van der Waals surface area contributed by atoms with E-state index in [2.05, 4.69) is 11.1 Å². The highest BCUT2D eigenvalue weighted by Gasteiger charge is 2.34. The molecule has 4 N–H and O–H groups in total. The molecule has 1 aliphatic carbocycles. The molecule has 0 saturated heterocycles. The fourth-order valence-corrected chi connectivity index (χ4v) is 2.23. The molecule has 0 bridgehead atoms. The molecule has 4 heteroatoms. The Balaban J connectivity index is 1.89. The molecule has 96 valence electrons. The van der Waals surface area contributed by atoms with Crippen LogP contribution in [-0.2, 0) is 0 Å². The Morgan fingerprint density at radius 2 is 2.05 bits per heavy atom. The molecule has 3 rings (SSSR count). The number of hydrogen-bond donors (Lipinski definition) is 2. The predicted octanol–water partition coefficient (Wildman–Crippen LogP) is 1.66. The van der Waals surface area contributed by atoms with Crippen molar-refractivity contribution in [1.29, 1.82) is 0 Å². The number of hydrogen-bond acceptors (Lipinski definition) is 3. The van der Waals surface area contributed by atoms with E-state index in [1.807, 2.05) is 24.4 Å². The third kappa shape index (κ3) is 2.35. The van der Waals surface area contributed by atoms with E-state index in [-0.39, 0.29) is 6.04 Å². The number of nitrogens with two attached hydrogens (primary N) is 2. The van der Waals surface area contributed by atoms with Crippen molar-refractivity contribution in [3.63, 3.8) is 0 Å². The van der Waals surface area contributed by atoms with Gasteiger partial charge < -0.3 is 11.5 Å². The van der Waals surface area contributed by atoms with E-state index in [0.717, 1.165) is 17.7 Å². The van der Waals surface area contributed by atoms with Gasteiger partial charge in [0.15, 0.2) is 0 Å². The average molecular weight is 253 g/mol. The molecule has 2 aromatic rings. The lowest BCUT2D eigenvalue weighted by Gasteiger charge is -2.04. The molecule has 1 aromatic carbocycles. The fourth-order valence-electron chi connectivity index (χ4n) is 2.23. The molecular weight excluding hydrogens is 238 g/mol. The second-order valence-corrected chi connectivity index (χ2v) is 4.93. The summed E-state index contributed by atoms with van der Waals surface area (Å²) in [5.74, 6) is 0.0286. The second-order valence-electron chi connectivity index (χ2n) is 4.93. The number of amides is 1. The van der Waals surface area contributed by atoms with E-state index in [9.17, 15) is 4.79 Å². The minimum atomic E-state index is -0.428. The van der Waals surface area contributed by atoms with Gasteiger partial charge in [0.1, 0.15) is 0 Å². The van der Waals surface area contributed by atoms with Crippen LogP contribution in [0.2, 0.25) is 0 Å². The highest BCUT2D eigenvalue weighted by molar-refractivity contribution is 5.93. The normalized spacial score (nSPS) is 21.1. The lowest BCUT2D eigenvalue weighted by atomic mass is 10.1. The number of carbonyl (C=O) groups is 1. The molecule has 1 saturated carbocycles. The van der Waals surface area contributed by atoms with E-state index in [0.29, 0.717) is 11.5 Å². The minimum absolute atomic E-state index is 0.283. The van der Waals surface area contributed by atoms with E-state index < -0.39 is 5.91 Å². The van der Waals surface area contributed by atoms with Crippen molar-refractivity contribution in [2.45, 2.75) is 18.4 Å². The number of aromatic nitrogens is 1. The maximum Gasteiger partial charge on any atom is 0.248 e. The number of rotatable bonds is 3. The number of nitrogens with zero attached hydrogens (tertiary/aromatic N) is 1. The van der Waals surface area contributed by atoms with Crippen molar-refractivity contribution in [3.8, 4) is 11.3 Å². The van der Waals surface area contributed by atoms with E-state index in [1.165, 1.54) is 5.56 Å².